The Labute approximate surface area is 273 Å². The Morgan fingerprint density at radius 3 is 1.96 bits per heavy atom. The number of nitrogens with zero attached hydrogens (tertiary/aromatic N) is 2. The van der Waals surface area contributed by atoms with Crippen LogP contribution in [0.2, 0.25) is 0 Å². The molecule has 9 N–H and O–H groups in total. The van der Waals surface area contributed by atoms with Gasteiger partial charge >= 0.3 is 5.97 Å². The Kier molecular flexibility index (Phi) is 13.5. The molecule has 0 spiro atoms. The first-order valence-corrected chi connectivity index (χ1v) is 16.3. The molecule has 0 unspecified atom stereocenters. The van der Waals surface area contributed by atoms with E-state index in [4.69, 9.17) is 11.5 Å². The molecule has 0 aromatic carbocycles. The second kappa shape index (κ2) is 17.0. The van der Waals surface area contributed by atoms with Crippen LogP contribution >= 0.6 is 0 Å². The van der Waals surface area contributed by atoms with Gasteiger partial charge in [-0.15, -0.1) is 0 Å². The van der Waals surface area contributed by atoms with Crippen molar-refractivity contribution in [2.24, 2.45) is 17.4 Å². The lowest BCUT2D eigenvalue weighted by Crippen LogP contribution is -2.62. The predicted octanol–water partition coefficient (Wildman–Crippen LogP) is -2.55. The van der Waals surface area contributed by atoms with Crippen molar-refractivity contribution in [2.75, 3.05) is 19.6 Å². The highest BCUT2D eigenvalue weighted by Crippen LogP contribution is 2.26. The Morgan fingerprint density at radius 1 is 0.787 bits per heavy atom. The lowest BCUT2D eigenvalue weighted by atomic mass is 9.96. The number of amides is 7. The number of hydrogen-bond acceptors (Lipinski definition) is 9. The molecule has 0 bridgehead atoms. The molecule has 7 atom stereocenters. The molecule has 262 valence electrons. The normalized spacial score (nSPS) is 28.7. The van der Waals surface area contributed by atoms with Crippen LogP contribution in [-0.4, -0.2) is 118 Å². The van der Waals surface area contributed by atoms with E-state index < -0.39 is 102 Å². The van der Waals surface area contributed by atoms with Gasteiger partial charge < -0.3 is 47.6 Å². The summed E-state index contributed by atoms with van der Waals surface area (Å²) in [6, 6.07) is -7.47. The summed E-state index contributed by atoms with van der Waals surface area (Å²) in [5, 5.41) is 19.7. The van der Waals surface area contributed by atoms with Crippen LogP contribution in [0.4, 0.5) is 0 Å². The number of fused-ring (bicyclic) bond motifs is 2. The highest BCUT2D eigenvalue weighted by Gasteiger charge is 2.45. The third-order valence-corrected chi connectivity index (χ3v) is 9.06. The Bertz CT molecular complexity index is 1230. The molecular formula is C30H48N8O9. The molecule has 0 radical (unpaired) electrons. The van der Waals surface area contributed by atoms with E-state index in [0.717, 1.165) is 0 Å². The van der Waals surface area contributed by atoms with Crippen molar-refractivity contribution in [3.8, 4) is 0 Å². The molecule has 3 heterocycles. The highest BCUT2D eigenvalue weighted by molar-refractivity contribution is 6.00. The molecule has 3 aliphatic rings. The summed E-state index contributed by atoms with van der Waals surface area (Å²) >= 11 is 0. The average molecular weight is 665 g/mol. The number of rotatable bonds is 10. The third kappa shape index (κ3) is 9.62. The fraction of sp³-hybridized carbons (Fsp3) is 0.733. The van der Waals surface area contributed by atoms with Gasteiger partial charge in [-0.3, -0.25) is 38.4 Å². The number of nitrogens with two attached hydrogens (primary N) is 2. The van der Waals surface area contributed by atoms with Crippen LogP contribution < -0.4 is 32.7 Å². The molecule has 0 aromatic heterocycles. The van der Waals surface area contributed by atoms with Gasteiger partial charge in [0, 0.05) is 13.1 Å². The van der Waals surface area contributed by atoms with Crippen LogP contribution in [0, 0.1) is 5.92 Å². The predicted molar refractivity (Wildman–Crippen MR) is 166 cm³/mol. The van der Waals surface area contributed by atoms with E-state index in [1.165, 1.54) is 9.80 Å². The fourth-order valence-electron chi connectivity index (χ4n) is 6.29. The molecule has 0 aliphatic carbocycles. The summed E-state index contributed by atoms with van der Waals surface area (Å²) in [4.78, 5) is 108. The van der Waals surface area contributed by atoms with Gasteiger partial charge in [0.2, 0.25) is 41.4 Å². The second-order valence-corrected chi connectivity index (χ2v) is 12.5. The number of carbonyl (C=O) groups is 8. The minimum absolute atomic E-state index is 0.125. The zero-order chi connectivity index (χ0) is 34.8. The lowest BCUT2D eigenvalue weighted by Gasteiger charge is -2.34. The van der Waals surface area contributed by atoms with E-state index in [-0.39, 0.29) is 25.9 Å². The van der Waals surface area contributed by atoms with Gasteiger partial charge in [-0.1, -0.05) is 20.3 Å². The Balaban J connectivity index is 2.07. The average Bonchev–Trinajstić information content (AvgIpc) is 3.71. The largest absolute Gasteiger partial charge is 0.481 e. The van der Waals surface area contributed by atoms with E-state index in [1.54, 1.807) is 13.8 Å². The lowest BCUT2D eigenvalue weighted by molar-refractivity contribution is -0.149. The summed E-state index contributed by atoms with van der Waals surface area (Å²) in [6.45, 7) is 4.18. The van der Waals surface area contributed by atoms with Crippen molar-refractivity contribution in [3.63, 3.8) is 0 Å². The van der Waals surface area contributed by atoms with Crippen molar-refractivity contribution in [3.05, 3.63) is 0 Å². The van der Waals surface area contributed by atoms with Gasteiger partial charge in [0.05, 0.1) is 12.8 Å². The number of primary amides is 1. The maximum Gasteiger partial charge on any atom is 0.305 e. The molecule has 3 saturated heterocycles. The number of aliphatic carboxylic acids is 1. The van der Waals surface area contributed by atoms with Gasteiger partial charge in [-0.2, -0.15) is 0 Å². The molecule has 3 aliphatic heterocycles. The van der Waals surface area contributed by atoms with Crippen molar-refractivity contribution in [1.29, 1.82) is 0 Å². The minimum atomic E-state index is -1.70. The molecule has 17 nitrogen and oxygen atoms in total. The molecule has 47 heavy (non-hydrogen) atoms. The van der Waals surface area contributed by atoms with Crippen molar-refractivity contribution in [1.82, 2.24) is 31.1 Å². The third-order valence-electron chi connectivity index (χ3n) is 9.06. The minimum Gasteiger partial charge on any atom is -0.481 e. The summed E-state index contributed by atoms with van der Waals surface area (Å²) in [5.74, 6) is -7.26. The summed E-state index contributed by atoms with van der Waals surface area (Å²) < 4.78 is 0. The number of carboxylic acids is 1. The first-order valence-electron chi connectivity index (χ1n) is 16.3. The summed E-state index contributed by atoms with van der Waals surface area (Å²) in [5.41, 5.74) is 11.0. The fourth-order valence-corrected chi connectivity index (χ4v) is 6.29. The molecule has 3 rings (SSSR count). The maximum atomic E-state index is 13.9. The van der Waals surface area contributed by atoms with Crippen LogP contribution in [0.25, 0.3) is 0 Å². The van der Waals surface area contributed by atoms with Gasteiger partial charge in [0.25, 0.3) is 0 Å². The van der Waals surface area contributed by atoms with E-state index >= 15 is 0 Å². The monoisotopic (exact) mass is 664 g/mol. The van der Waals surface area contributed by atoms with Gasteiger partial charge in [-0.05, 0) is 57.4 Å². The zero-order valence-corrected chi connectivity index (χ0v) is 27.0. The second-order valence-electron chi connectivity index (χ2n) is 12.5. The summed E-state index contributed by atoms with van der Waals surface area (Å²) in [7, 11) is 0. The van der Waals surface area contributed by atoms with Crippen LogP contribution in [0.1, 0.15) is 78.1 Å². The highest BCUT2D eigenvalue weighted by atomic mass is 16.4. The van der Waals surface area contributed by atoms with E-state index in [1.807, 2.05) is 0 Å². The molecule has 0 saturated carbocycles. The molecular weight excluding hydrogens is 616 g/mol. The molecule has 7 amide bonds. The van der Waals surface area contributed by atoms with Crippen molar-refractivity contribution in [2.45, 2.75) is 114 Å². The van der Waals surface area contributed by atoms with Crippen LogP contribution in [0.5, 0.6) is 0 Å². The van der Waals surface area contributed by atoms with Gasteiger partial charge in [0.15, 0.2) is 0 Å². The number of carbonyl (C=O) groups excluding carboxylic acids is 7. The SMILES string of the molecule is CC[C@H](C)[C@@H]1NC(=O)[C@H](CCCCN)NC(=O)[C@@H]2CCCN2C(=O)[C@H]2CCCN2C(=O)[C@H](CC(N)=O)NC(=O)[C@H](CC(=O)O)NC1=O. The van der Waals surface area contributed by atoms with Crippen molar-refractivity contribution < 1.29 is 43.5 Å². The first-order chi connectivity index (χ1) is 22.3. The molecule has 3 fully saturated rings. The number of nitrogens with one attached hydrogen (secondary N) is 4. The quantitative estimate of drug-likeness (QED) is 0.120. The van der Waals surface area contributed by atoms with E-state index in [9.17, 15) is 43.5 Å². The Hall–Kier alpha value is -4.28. The molecule has 17 heteroatoms. The number of carboxylic acid groups (broad SMARTS) is 1. The smallest absolute Gasteiger partial charge is 0.305 e. The van der Waals surface area contributed by atoms with Gasteiger partial charge in [0.1, 0.15) is 36.3 Å². The maximum absolute atomic E-state index is 13.9. The van der Waals surface area contributed by atoms with Crippen LogP contribution in [0.15, 0.2) is 0 Å². The van der Waals surface area contributed by atoms with Crippen LogP contribution in [-0.2, 0) is 38.4 Å². The number of hydrogen-bond donors (Lipinski definition) is 7. The van der Waals surface area contributed by atoms with E-state index in [2.05, 4.69) is 21.3 Å². The standard InChI is InChI=1S/C30H48N8O9/c1-3-16(2)24-28(45)34-18(15-23(40)41)26(43)35-19(14-22(32)39)29(46)38-13-7-10-21(38)30(47)37-12-6-9-20(37)27(44)33-17(25(42)36-24)8-4-5-11-31/h16-21,24H,3-15,31H2,1-2H3,(H2,32,39)(H,33,44)(H,34,45)(H,35,43)(H,36,42)(H,40,41)/t16-,17-,18-,19-,20-,21+,24-/m0/s1. The van der Waals surface area contributed by atoms with E-state index in [0.29, 0.717) is 45.1 Å². The number of unbranched alkanes of at least 4 members (excludes halogenated alkanes) is 1. The molecule has 0 aromatic rings. The van der Waals surface area contributed by atoms with Crippen LogP contribution in [0.3, 0.4) is 0 Å². The van der Waals surface area contributed by atoms with Gasteiger partial charge in [-0.25, -0.2) is 0 Å². The zero-order valence-electron chi connectivity index (χ0n) is 27.0. The topological polar surface area (TPSA) is 263 Å². The Morgan fingerprint density at radius 2 is 1.36 bits per heavy atom. The first kappa shape index (κ1) is 37.2. The summed E-state index contributed by atoms with van der Waals surface area (Å²) in [6.07, 6.45) is 1.66. The van der Waals surface area contributed by atoms with Crippen molar-refractivity contribution >= 4 is 47.3 Å².